The van der Waals surface area contributed by atoms with Gasteiger partial charge in [-0.15, -0.1) is 6.58 Å². The van der Waals surface area contributed by atoms with E-state index in [1.54, 1.807) is 0 Å². The van der Waals surface area contributed by atoms with Crippen molar-refractivity contribution >= 4 is 0 Å². The van der Waals surface area contributed by atoms with E-state index >= 15 is 0 Å². The summed E-state index contributed by atoms with van der Waals surface area (Å²) in [5.74, 6) is 0. The van der Waals surface area contributed by atoms with Crippen molar-refractivity contribution in [3.8, 4) is 0 Å². The van der Waals surface area contributed by atoms with Crippen LogP contribution < -0.4 is 0 Å². The van der Waals surface area contributed by atoms with E-state index in [0.29, 0.717) is 0 Å². The van der Waals surface area contributed by atoms with Gasteiger partial charge in [0, 0.05) is 0 Å². The third-order valence-electron chi connectivity index (χ3n) is 1.22. The zero-order valence-corrected chi connectivity index (χ0v) is 6.93. The Labute approximate surface area is 64.0 Å². The predicted molar refractivity (Wildman–Crippen MR) is 48.0 cm³/mol. The Bertz CT molecular complexity index is 138. The molecule has 0 bridgehead atoms. The van der Waals surface area contributed by atoms with Crippen molar-refractivity contribution in [3.63, 3.8) is 0 Å². The maximum Gasteiger partial charge on any atom is -0.0166 e. The molecule has 0 spiro atoms. The molecular weight excluding hydrogens is 120 g/mol. The van der Waals surface area contributed by atoms with E-state index in [4.69, 9.17) is 0 Å². The van der Waals surface area contributed by atoms with Crippen molar-refractivity contribution in [1.82, 2.24) is 0 Å². The van der Waals surface area contributed by atoms with Crippen LogP contribution in [0.5, 0.6) is 0 Å². The van der Waals surface area contributed by atoms with E-state index in [1.807, 2.05) is 6.08 Å². The molecule has 0 unspecified atom stereocenters. The van der Waals surface area contributed by atoms with Gasteiger partial charge in [0.05, 0.1) is 0 Å². The molecule has 0 fully saturated rings. The zero-order chi connectivity index (χ0) is 7.82. The third-order valence-corrected chi connectivity index (χ3v) is 1.22. The number of hydrogen-bond acceptors (Lipinski definition) is 0. The van der Waals surface area contributed by atoms with Crippen LogP contribution in [0.1, 0.15) is 26.7 Å². The van der Waals surface area contributed by atoms with Gasteiger partial charge in [-0.05, 0) is 19.8 Å². The predicted octanol–water partition coefficient (Wildman–Crippen LogP) is 3.48. The largest absolute Gasteiger partial charge is 0.103 e. The standard InChI is InChI=1S/C10H16/c1-4-6-8-10(3)9-7-5-2/h4,7-9H,1,5-6H2,2-3H3. The van der Waals surface area contributed by atoms with Crippen molar-refractivity contribution in [3.05, 3.63) is 36.5 Å². The molecule has 0 aliphatic heterocycles. The van der Waals surface area contributed by atoms with E-state index in [2.05, 4.69) is 38.7 Å². The Hall–Kier alpha value is -0.780. The molecule has 0 aliphatic rings. The molecule has 0 aromatic carbocycles. The van der Waals surface area contributed by atoms with Crippen LogP contribution in [0, 0.1) is 0 Å². The van der Waals surface area contributed by atoms with Crippen molar-refractivity contribution in [1.29, 1.82) is 0 Å². The Morgan fingerprint density at radius 2 is 2.20 bits per heavy atom. The molecule has 0 aromatic heterocycles. The van der Waals surface area contributed by atoms with Gasteiger partial charge in [-0.25, -0.2) is 0 Å². The first kappa shape index (κ1) is 9.22. The molecule has 0 N–H and O–H groups in total. The van der Waals surface area contributed by atoms with Crippen LogP contribution in [0.15, 0.2) is 36.5 Å². The molecule has 0 aliphatic carbocycles. The molecule has 0 atom stereocenters. The normalized spacial score (nSPS) is 12.4. The highest BCUT2D eigenvalue weighted by atomic mass is 13.8. The molecule has 0 saturated heterocycles. The van der Waals surface area contributed by atoms with Crippen LogP contribution in [-0.2, 0) is 0 Å². The van der Waals surface area contributed by atoms with E-state index in [9.17, 15) is 0 Å². The first-order chi connectivity index (χ1) is 4.81. The highest BCUT2D eigenvalue weighted by molar-refractivity contribution is 5.16. The Balaban J connectivity index is 3.69. The summed E-state index contributed by atoms with van der Waals surface area (Å²) >= 11 is 0. The lowest BCUT2D eigenvalue weighted by Gasteiger charge is -1.88. The quantitative estimate of drug-likeness (QED) is 0.410. The molecule has 10 heavy (non-hydrogen) atoms. The van der Waals surface area contributed by atoms with Crippen LogP contribution in [0.4, 0.5) is 0 Å². The average Bonchev–Trinajstić information content (AvgIpc) is 1.97. The minimum absolute atomic E-state index is 0.972. The highest BCUT2D eigenvalue weighted by Gasteiger charge is 1.77. The van der Waals surface area contributed by atoms with Gasteiger partial charge in [0.2, 0.25) is 0 Å². The Kier molecular flexibility index (Phi) is 5.85. The van der Waals surface area contributed by atoms with Crippen LogP contribution in [0.25, 0.3) is 0 Å². The zero-order valence-electron chi connectivity index (χ0n) is 6.93. The molecule has 0 nitrogen and oxygen atoms in total. The molecular formula is C10H16. The SMILES string of the molecule is C=CCC=C(C)C=CCC. The van der Waals surface area contributed by atoms with E-state index in [1.165, 1.54) is 5.57 Å². The minimum Gasteiger partial charge on any atom is -0.103 e. The topological polar surface area (TPSA) is 0 Å². The molecule has 0 heterocycles. The maximum atomic E-state index is 3.64. The molecule has 0 radical (unpaired) electrons. The number of allylic oxidation sites excluding steroid dienone is 5. The van der Waals surface area contributed by atoms with Crippen molar-refractivity contribution in [2.75, 3.05) is 0 Å². The second kappa shape index (κ2) is 6.34. The molecule has 0 heteroatoms. The Morgan fingerprint density at radius 3 is 2.70 bits per heavy atom. The van der Waals surface area contributed by atoms with Crippen molar-refractivity contribution in [2.24, 2.45) is 0 Å². The van der Waals surface area contributed by atoms with E-state index < -0.39 is 0 Å². The fourth-order valence-electron chi connectivity index (χ4n) is 0.641. The minimum atomic E-state index is 0.972. The van der Waals surface area contributed by atoms with Crippen LogP contribution in [-0.4, -0.2) is 0 Å². The summed E-state index contributed by atoms with van der Waals surface area (Å²) in [4.78, 5) is 0. The van der Waals surface area contributed by atoms with Gasteiger partial charge in [-0.2, -0.15) is 0 Å². The van der Waals surface area contributed by atoms with E-state index in [-0.39, 0.29) is 0 Å². The van der Waals surface area contributed by atoms with Gasteiger partial charge >= 0.3 is 0 Å². The number of rotatable bonds is 4. The first-order valence-corrected chi connectivity index (χ1v) is 3.75. The summed E-state index contributed by atoms with van der Waals surface area (Å²) in [5.41, 5.74) is 1.32. The Morgan fingerprint density at radius 1 is 1.50 bits per heavy atom. The maximum absolute atomic E-state index is 3.64. The fourth-order valence-corrected chi connectivity index (χ4v) is 0.641. The molecule has 0 amide bonds. The summed E-state index contributed by atoms with van der Waals surface area (Å²) in [5, 5.41) is 0. The molecule has 0 aromatic rings. The van der Waals surface area contributed by atoms with Gasteiger partial charge < -0.3 is 0 Å². The van der Waals surface area contributed by atoms with Gasteiger partial charge in [0.15, 0.2) is 0 Å². The number of hydrogen-bond donors (Lipinski definition) is 0. The third kappa shape index (κ3) is 5.36. The van der Waals surface area contributed by atoms with Gasteiger partial charge in [-0.3, -0.25) is 0 Å². The van der Waals surface area contributed by atoms with Crippen LogP contribution >= 0.6 is 0 Å². The monoisotopic (exact) mass is 136 g/mol. The molecule has 0 saturated carbocycles. The summed E-state index contributed by atoms with van der Waals surface area (Å²) < 4.78 is 0. The van der Waals surface area contributed by atoms with Gasteiger partial charge in [-0.1, -0.05) is 36.8 Å². The molecule has 56 valence electrons. The van der Waals surface area contributed by atoms with Crippen molar-refractivity contribution in [2.45, 2.75) is 26.7 Å². The van der Waals surface area contributed by atoms with Gasteiger partial charge in [0.25, 0.3) is 0 Å². The second-order valence-corrected chi connectivity index (χ2v) is 2.28. The lowest BCUT2D eigenvalue weighted by atomic mass is 10.2. The smallest absolute Gasteiger partial charge is 0.0166 e. The first-order valence-electron chi connectivity index (χ1n) is 3.75. The lowest BCUT2D eigenvalue weighted by Crippen LogP contribution is -1.67. The lowest BCUT2D eigenvalue weighted by molar-refractivity contribution is 1.21. The summed E-state index contributed by atoms with van der Waals surface area (Å²) in [7, 11) is 0. The second-order valence-electron chi connectivity index (χ2n) is 2.28. The van der Waals surface area contributed by atoms with Crippen molar-refractivity contribution < 1.29 is 0 Å². The van der Waals surface area contributed by atoms with Crippen LogP contribution in [0.2, 0.25) is 0 Å². The average molecular weight is 136 g/mol. The summed E-state index contributed by atoms with van der Waals surface area (Å²) in [6, 6.07) is 0. The van der Waals surface area contributed by atoms with Gasteiger partial charge in [0.1, 0.15) is 0 Å². The van der Waals surface area contributed by atoms with E-state index in [0.717, 1.165) is 12.8 Å². The van der Waals surface area contributed by atoms with Crippen LogP contribution in [0.3, 0.4) is 0 Å². The fraction of sp³-hybridized carbons (Fsp3) is 0.400. The summed E-state index contributed by atoms with van der Waals surface area (Å²) in [6.45, 7) is 7.89. The summed E-state index contributed by atoms with van der Waals surface area (Å²) in [6.07, 6.45) is 10.5. The molecule has 0 rings (SSSR count). The highest BCUT2D eigenvalue weighted by Crippen LogP contribution is 1.98.